The highest BCUT2D eigenvalue weighted by Gasteiger charge is 2.20. The van der Waals surface area contributed by atoms with Gasteiger partial charge in [-0.25, -0.2) is 8.78 Å². The molecule has 0 saturated heterocycles. The minimum absolute atomic E-state index is 0.0827. The maximum atomic E-state index is 13.8. The van der Waals surface area contributed by atoms with Crippen LogP contribution in [0.5, 0.6) is 0 Å². The molecule has 1 heterocycles. The number of ketones is 1. The van der Waals surface area contributed by atoms with E-state index in [1.807, 2.05) is 0 Å². The predicted octanol–water partition coefficient (Wildman–Crippen LogP) is 4.33. The molecular weight excluding hydrogens is 284 g/mol. The molecule has 0 fully saturated rings. The highest BCUT2D eigenvalue weighted by atomic mass is 35.5. The first-order valence-corrected chi connectivity index (χ1v) is 6.21. The molecule has 1 aromatic heterocycles. The third-order valence-electron chi connectivity index (χ3n) is 3.07. The Labute approximate surface area is 118 Å². The second-order valence-electron chi connectivity index (χ2n) is 4.32. The fraction of sp³-hybridized carbons (Fsp3) is 0. The Balaban J connectivity index is 2.21. The second kappa shape index (κ2) is 4.72. The number of nitrogens with one attached hydrogen (secondary N) is 1. The Morgan fingerprint density at radius 1 is 1.05 bits per heavy atom. The van der Waals surface area contributed by atoms with Crippen LogP contribution in [0.2, 0.25) is 5.02 Å². The van der Waals surface area contributed by atoms with Crippen LogP contribution in [0.15, 0.2) is 42.6 Å². The third kappa shape index (κ3) is 1.98. The van der Waals surface area contributed by atoms with Gasteiger partial charge in [0.25, 0.3) is 0 Å². The normalized spacial score (nSPS) is 10.9. The van der Waals surface area contributed by atoms with E-state index in [1.54, 1.807) is 6.07 Å². The summed E-state index contributed by atoms with van der Waals surface area (Å²) < 4.78 is 27.6. The van der Waals surface area contributed by atoms with E-state index in [-0.39, 0.29) is 21.5 Å². The van der Waals surface area contributed by atoms with Crippen LogP contribution in [-0.4, -0.2) is 10.8 Å². The first kappa shape index (κ1) is 12.8. The lowest BCUT2D eigenvalue weighted by Gasteiger charge is -2.03. The molecule has 0 aliphatic rings. The monoisotopic (exact) mass is 291 g/mol. The van der Waals surface area contributed by atoms with Crippen molar-refractivity contribution in [2.24, 2.45) is 0 Å². The van der Waals surface area contributed by atoms with Gasteiger partial charge in [0.15, 0.2) is 5.78 Å². The maximum Gasteiger partial charge on any atom is 0.198 e. The Bertz CT molecular complexity index is 826. The zero-order chi connectivity index (χ0) is 14.3. The molecule has 20 heavy (non-hydrogen) atoms. The molecule has 0 spiro atoms. The molecule has 1 N–H and O–H groups in total. The summed E-state index contributed by atoms with van der Waals surface area (Å²) in [7, 11) is 0. The topological polar surface area (TPSA) is 32.9 Å². The summed E-state index contributed by atoms with van der Waals surface area (Å²) in [5.41, 5.74) is 0.386. The summed E-state index contributed by atoms with van der Waals surface area (Å²) in [5.74, 6) is -1.83. The first-order valence-electron chi connectivity index (χ1n) is 5.83. The number of hydrogen-bond donors (Lipinski definition) is 1. The lowest BCUT2D eigenvalue weighted by atomic mass is 10.0. The van der Waals surface area contributed by atoms with Gasteiger partial charge in [-0.1, -0.05) is 17.7 Å². The van der Waals surface area contributed by atoms with Crippen LogP contribution in [0.3, 0.4) is 0 Å². The summed E-state index contributed by atoms with van der Waals surface area (Å²) in [6.45, 7) is 0. The van der Waals surface area contributed by atoms with Crippen LogP contribution < -0.4 is 0 Å². The number of hydrogen-bond acceptors (Lipinski definition) is 1. The summed E-state index contributed by atoms with van der Waals surface area (Å²) in [4.78, 5) is 15.2. The van der Waals surface area contributed by atoms with Crippen molar-refractivity contribution in [1.82, 2.24) is 4.98 Å². The number of carbonyl (C=O) groups is 1. The molecule has 0 bridgehead atoms. The SMILES string of the molecule is O=C(c1cc(Cl)ccc1F)c1c[nH]c2cccc(F)c12. The Hall–Kier alpha value is -2.20. The van der Waals surface area contributed by atoms with Gasteiger partial charge in [-0.05, 0) is 30.3 Å². The molecule has 100 valence electrons. The van der Waals surface area contributed by atoms with Gasteiger partial charge < -0.3 is 4.98 Å². The molecule has 2 aromatic carbocycles. The van der Waals surface area contributed by atoms with E-state index in [0.717, 1.165) is 6.07 Å². The predicted molar refractivity (Wildman–Crippen MR) is 73.1 cm³/mol. The molecule has 0 aliphatic carbocycles. The van der Waals surface area contributed by atoms with E-state index in [1.165, 1.54) is 30.5 Å². The number of benzene rings is 2. The van der Waals surface area contributed by atoms with Crippen molar-refractivity contribution >= 4 is 28.3 Å². The van der Waals surface area contributed by atoms with Crippen LogP contribution in [-0.2, 0) is 0 Å². The average molecular weight is 292 g/mol. The molecule has 2 nitrogen and oxygen atoms in total. The van der Waals surface area contributed by atoms with Crippen molar-refractivity contribution in [3.05, 3.63) is 70.4 Å². The van der Waals surface area contributed by atoms with Crippen molar-refractivity contribution in [3.63, 3.8) is 0 Å². The zero-order valence-electron chi connectivity index (χ0n) is 10.1. The van der Waals surface area contributed by atoms with E-state index in [2.05, 4.69) is 4.98 Å². The summed E-state index contributed by atoms with van der Waals surface area (Å²) >= 11 is 5.77. The minimum Gasteiger partial charge on any atom is -0.360 e. The smallest absolute Gasteiger partial charge is 0.198 e. The molecule has 0 atom stereocenters. The fourth-order valence-corrected chi connectivity index (χ4v) is 2.31. The van der Waals surface area contributed by atoms with Gasteiger partial charge in [0.1, 0.15) is 11.6 Å². The largest absolute Gasteiger partial charge is 0.360 e. The highest BCUT2D eigenvalue weighted by molar-refractivity contribution is 6.31. The van der Waals surface area contributed by atoms with Gasteiger partial charge in [-0.3, -0.25) is 4.79 Å². The van der Waals surface area contributed by atoms with Gasteiger partial charge >= 0.3 is 0 Å². The van der Waals surface area contributed by atoms with E-state index >= 15 is 0 Å². The molecule has 0 aliphatic heterocycles. The number of aromatic amines is 1. The number of carbonyl (C=O) groups excluding carboxylic acids is 1. The van der Waals surface area contributed by atoms with Crippen LogP contribution in [0.1, 0.15) is 15.9 Å². The number of rotatable bonds is 2. The van der Waals surface area contributed by atoms with Crippen LogP contribution in [0.25, 0.3) is 10.9 Å². The number of aromatic nitrogens is 1. The van der Waals surface area contributed by atoms with Gasteiger partial charge in [-0.2, -0.15) is 0 Å². The molecule has 0 unspecified atom stereocenters. The van der Waals surface area contributed by atoms with Gasteiger partial charge in [0.05, 0.1) is 11.1 Å². The van der Waals surface area contributed by atoms with Crippen molar-refractivity contribution in [3.8, 4) is 0 Å². The van der Waals surface area contributed by atoms with E-state index < -0.39 is 17.4 Å². The van der Waals surface area contributed by atoms with Crippen LogP contribution in [0.4, 0.5) is 8.78 Å². The molecule has 0 radical (unpaired) electrons. The number of fused-ring (bicyclic) bond motifs is 1. The van der Waals surface area contributed by atoms with E-state index in [4.69, 9.17) is 11.6 Å². The molecular formula is C15H8ClF2NO. The van der Waals surface area contributed by atoms with Crippen molar-refractivity contribution < 1.29 is 13.6 Å². The highest BCUT2D eigenvalue weighted by Crippen LogP contribution is 2.25. The standard InChI is InChI=1S/C15H8ClF2NO/c16-8-4-5-11(17)9(6-8)15(20)10-7-19-13-3-1-2-12(18)14(10)13/h1-7,19H. The molecule has 0 amide bonds. The van der Waals surface area contributed by atoms with Crippen molar-refractivity contribution in [2.45, 2.75) is 0 Å². The lowest BCUT2D eigenvalue weighted by molar-refractivity contribution is 0.103. The molecule has 3 rings (SSSR count). The number of H-pyrrole nitrogens is 1. The van der Waals surface area contributed by atoms with Gasteiger partial charge in [-0.15, -0.1) is 0 Å². The van der Waals surface area contributed by atoms with Crippen molar-refractivity contribution in [2.75, 3.05) is 0 Å². The van der Waals surface area contributed by atoms with Crippen LogP contribution in [0, 0.1) is 11.6 Å². The second-order valence-corrected chi connectivity index (χ2v) is 4.75. The van der Waals surface area contributed by atoms with E-state index in [0.29, 0.717) is 5.52 Å². The average Bonchev–Trinajstić information content (AvgIpc) is 2.86. The van der Waals surface area contributed by atoms with Crippen LogP contribution >= 0.6 is 11.6 Å². The van der Waals surface area contributed by atoms with Crippen molar-refractivity contribution in [1.29, 1.82) is 0 Å². The number of halogens is 3. The zero-order valence-corrected chi connectivity index (χ0v) is 10.8. The minimum atomic E-state index is -0.690. The summed E-state index contributed by atoms with van der Waals surface area (Å²) in [6, 6.07) is 8.12. The lowest BCUT2D eigenvalue weighted by Crippen LogP contribution is -2.04. The summed E-state index contributed by atoms with van der Waals surface area (Å²) in [6.07, 6.45) is 1.37. The van der Waals surface area contributed by atoms with E-state index in [9.17, 15) is 13.6 Å². The Morgan fingerprint density at radius 2 is 1.85 bits per heavy atom. The summed E-state index contributed by atoms with van der Waals surface area (Å²) in [5, 5.41) is 0.395. The van der Waals surface area contributed by atoms with Gasteiger partial charge in [0.2, 0.25) is 0 Å². The maximum absolute atomic E-state index is 13.8. The molecule has 0 saturated carbocycles. The third-order valence-corrected chi connectivity index (χ3v) is 3.31. The Morgan fingerprint density at radius 3 is 2.65 bits per heavy atom. The first-order chi connectivity index (χ1) is 9.58. The fourth-order valence-electron chi connectivity index (χ4n) is 2.14. The van der Waals surface area contributed by atoms with Gasteiger partial charge in [0, 0.05) is 22.1 Å². The quantitative estimate of drug-likeness (QED) is 0.700. The molecule has 5 heteroatoms. The molecule has 3 aromatic rings. The Kier molecular flexibility index (Phi) is 3.03.